The molecule has 0 amide bonds. The van der Waals surface area contributed by atoms with Crippen LogP contribution < -0.4 is 10.7 Å². The van der Waals surface area contributed by atoms with Gasteiger partial charge in [-0.05, 0) is 43.5 Å². The minimum Gasteiger partial charge on any atom is -0.464 e. The molecule has 1 aromatic heterocycles. The number of nitrogens with one attached hydrogen (secondary N) is 1. The predicted octanol–water partition coefficient (Wildman–Crippen LogP) is 5.16. The highest BCUT2D eigenvalue weighted by Crippen LogP contribution is 2.42. The first kappa shape index (κ1) is 22.2. The SMILES string of the molecule is CC1=C(C(=O)OCc2ccccc2)[C@H](c2coc3ccc(Cl)cc3c2=O)C2=C(CCCC2=O)N1. The zero-order valence-electron chi connectivity index (χ0n) is 18.5. The molecule has 2 aliphatic rings. The summed E-state index contributed by atoms with van der Waals surface area (Å²) < 4.78 is 11.4. The Morgan fingerprint density at radius 2 is 1.94 bits per heavy atom. The lowest BCUT2D eigenvalue weighted by molar-refractivity contribution is -0.140. The van der Waals surface area contributed by atoms with Crippen molar-refractivity contribution in [2.75, 3.05) is 0 Å². The third-order valence-corrected chi connectivity index (χ3v) is 6.52. The lowest BCUT2D eigenvalue weighted by Crippen LogP contribution is -2.36. The number of fused-ring (bicyclic) bond motifs is 1. The Bertz CT molecular complexity index is 1430. The molecular formula is C27H22ClNO5. The number of hydrogen-bond donors (Lipinski definition) is 1. The number of carbonyl (C=O) groups is 2. The van der Waals surface area contributed by atoms with Gasteiger partial charge in [-0.3, -0.25) is 9.59 Å². The number of hydrogen-bond acceptors (Lipinski definition) is 6. The molecule has 0 bridgehead atoms. The number of ether oxygens (including phenoxy) is 1. The van der Waals surface area contributed by atoms with Gasteiger partial charge >= 0.3 is 5.97 Å². The lowest BCUT2D eigenvalue weighted by atomic mass is 9.75. The molecule has 0 spiro atoms. The number of Topliss-reactive ketones (excluding diaryl/α,β-unsaturated/α-hetero) is 1. The third-order valence-electron chi connectivity index (χ3n) is 6.28. The van der Waals surface area contributed by atoms with Crippen LogP contribution in [0.2, 0.25) is 5.02 Å². The molecule has 3 aromatic rings. The summed E-state index contributed by atoms with van der Waals surface area (Å²) in [6.45, 7) is 1.83. The second-order valence-corrected chi connectivity index (χ2v) is 8.92. The highest BCUT2D eigenvalue weighted by molar-refractivity contribution is 6.31. The molecule has 0 saturated carbocycles. The van der Waals surface area contributed by atoms with E-state index in [1.807, 2.05) is 30.3 Å². The van der Waals surface area contributed by atoms with E-state index in [4.69, 9.17) is 20.8 Å². The lowest BCUT2D eigenvalue weighted by Gasteiger charge is -2.33. The van der Waals surface area contributed by atoms with E-state index in [0.29, 0.717) is 46.5 Å². The summed E-state index contributed by atoms with van der Waals surface area (Å²) in [5.41, 5.74) is 3.06. The van der Waals surface area contributed by atoms with E-state index in [9.17, 15) is 14.4 Å². The molecular weight excluding hydrogens is 454 g/mol. The van der Waals surface area contributed by atoms with Gasteiger partial charge in [0.1, 0.15) is 12.2 Å². The molecule has 172 valence electrons. The van der Waals surface area contributed by atoms with Gasteiger partial charge in [-0.2, -0.15) is 0 Å². The van der Waals surface area contributed by atoms with Crippen LogP contribution in [-0.2, 0) is 20.9 Å². The quantitative estimate of drug-likeness (QED) is 0.525. The van der Waals surface area contributed by atoms with E-state index in [0.717, 1.165) is 11.3 Å². The number of carbonyl (C=O) groups excluding carboxylic acids is 2. The van der Waals surface area contributed by atoms with Crippen molar-refractivity contribution in [2.24, 2.45) is 0 Å². The highest BCUT2D eigenvalue weighted by Gasteiger charge is 2.40. The molecule has 0 fully saturated rings. The van der Waals surface area contributed by atoms with E-state index in [1.54, 1.807) is 19.1 Å². The maximum atomic E-state index is 13.6. The van der Waals surface area contributed by atoms with Crippen LogP contribution in [0.4, 0.5) is 0 Å². The van der Waals surface area contributed by atoms with Gasteiger partial charge in [0.05, 0.1) is 23.1 Å². The zero-order valence-corrected chi connectivity index (χ0v) is 19.3. The van der Waals surface area contributed by atoms with Gasteiger partial charge in [-0.1, -0.05) is 41.9 Å². The van der Waals surface area contributed by atoms with Gasteiger partial charge < -0.3 is 14.5 Å². The minimum absolute atomic E-state index is 0.0744. The molecule has 5 rings (SSSR count). The Morgan fingerprint density at radius 3 is 2.74 bits per heavy atom. The minimum atomic E-state index is -0.882. The first-order chi connectivity index (χ1) is 16.4. The van der Waals surface area contributed by atoms with Gasteiger partial charge in [-0.25, -0.2) is 4.79 Å². The molecule has 1 atom stereocenters. The van der Waals surface area contributed by atoms with Crippen molar-refractivity contribution in [3.8, 4) is 0 Å². The van der Waals surface area contributed by atoms with Crippen LogP contribution in [0.1, 0.15) is 43.2 Å². The second kappa shape index (κ2) is 8.95. The molecule has 7 heteroatoms. The number of halogens is 1. The van der Waals surface area contributed by atoms with Gasteiger partial charge in [0.2, 0.25) is 0 Å². The first-order valence-corrected chi connectivity index (χ1v) is 11.5. The Balaban J connectivity index is 1.63. The Morgan fingerprint density at radius 1 is 1.15 bits per heavy atom. The number of allylic oxidation sites excluding steroid dienone is 3. The van der Waals surface area contributed by atoms with Gasteiger partial charge in [0.15, 0.2) is 11.2 Å². The molecule has 0 radical (unpaired) electrons. The maximum absolute atomic E-state index is 13.6. The fraction of sp³-hybridized carbons (Fsp3) is 0.222. The van der Waals surface area contributed by atoms with Crippen molar-refractivity contribution < 1.29 is 18.7 Å². The van der Waals surface area contributed by atoms with Crippen molar-refractivity contribution in [1.29, 1.82) is 0 Å². The average molecular weight is 476 g/mol. The summed E-state index contributed by atoms with van der Waals surface area (Å²) in [5, 5.41) is 3.92. The first-order valence-electron chi connectivity index (χ1n) is 11.1. The summed E-state index contributed by atoms with van der Waals surface area (Å²) in [4.78, 5) is 40.0. The van der Waals surface area contributed by atoms with Crippen LogP contribution in [0.5, 0.6) is 0 Å². The fourth-order valence-electron chi connectivity index (χ4n) is 4.68. The van der Waals surface area contributed by atoms with Crippen molar-refractivity contribution >= 4 is 34.3 Å². The van der Waals surface area contributed by atoms with Crippen molar-refractivity contribution in [3.05, 3.63) is 104 Å². The standard InChI is InChI=1S/C27H22ClNO5/c1-15-23(27(32)34-13-16-6-3-2-4-7-16)24(25-20(29-15)8-5-9-21(25)30)19-14-33-22-11-10-17(28)12-18(22)26(19)31/h2-4,6-7,10-12,14,24,29H,5,8-9,13H2,1H3/t24-/m0/s1. The van der Waals surface area contributed by atoms with Crippen molar-refractivity contribution in [2.45, 2.75) is 38.7 Å². The Labute approximate surface area is 200 Å². The summed E-state index contributed by atoms with van der Waals surface area (Å²) in [6.07, 6.45) is 3.07. The number of esters is 1. The summed E-state index contributed by atoms with van der Waals surface area (Å²) in [7, 11) is 0. The van der Waals surface area contributed by atoms with E-state index >= 15 is 0 Å². The van der Waals surface area contributed by atoms with Crippen LogP contribution in [0.15, 0.2) is 86.5 Å². The van der Waals surface area contributed by atoms with Gasteiger partial charge in [0.25, 0.3) is 0 Å². The molecule has 34 heavy (non-hydrogen) atoms. The molecule has 1 aliphatic heterocycles. The highest BCUT2D eigenvalue weighted by atomic mass is 35.5. The molecule has 0 unspecified atom stereocenters. The molecule has 1 N–H and O–H groups in total. The molecule has 2 aromatic carbocycles. The molecule has 1 aliphatic carbocycles. The average Bonchev–Trinajstić information content (AvgIpc) is 2.83. The van der Waals surface area contributed by atoms with E-state index in [-0.39, 0.29) is 29.0 Å². The van der Waals surface area contributed by atoms with Crippen molar-refractivity contribution in [3.63, 3.8) is 0 Å². The second-order valence-electron chi connectivity index (χ2n) is 8.49. The van der Waals surface area contributed by atoms with Gasteiger partial charge in [0, 0.05) is 34.0 Å². The molecule has 6 nitrogen and oxygen atoms in total. The third kappa shape index (κ3) is 3.94. The topological polar surface area (TPSA) is 85.6 Å². The Hall–Kier alpha value is -3.64. The van der Waals surface area contributed by atoms with Crippen molar-refractivity contribution in [1.82, 2.24) is 5.32 Å². The normalized spacial score (nSPS) is 18.1. The molecule has 0 saturated heterocycles. The summed E-state index contributed by atoms with van der Waals surface area (Å²) in [5.74, 6) is -1.56. The van der Waals surface area contributed by atoms with E-state index in [2.05, 4.69) is 5.32 Å². The fourth-order valence-corrected chi connectivity index (χ4v) is 4.86. The van der Waals surface area contributed by atoms with E-state index < -0.39 is 11.9 Å². The molecule has 2 heterocycles. The van der Waals surface area contributed by atoms with Crippen LogP contribution in [0.25, 0.3) is 11.0 Å². The van der Waals surface area contributed by atoms with Crippen LogP contribution in [-0.4, -0.2) is 11.8 Å². The Kier molecular flexibility index (Phi) is 5.84. The number of benzene rings is 2. The summed E-state index contributed by atoms with van der Waals surface area (Å²) in [6, 6.07) is 14.1. The van der Waals surface area contributed by atoms with Crippen LogP contribution in [0.3, 0.4) is 0 Å². The predicted molar refractivity (Wildman–Crippen MR) is 128 cm³/mol. The van der Waals surface area contributed by atoms with E-state index in [1.165, 1.54) is 12.3 Å². The smallest absolute Gasteiger partial charge is 0.337 e. The monoisotopic (exact) mass is 475 g/mol. The largest absolute Gasteiger partial charge is 0.464 e. The number of rotatable bonds is 4. The maximum Gasteiger partial charge on any atom is 0.337 e. The number of dihydropyridines is 1. The van der Waals surface area contributed by atoms with Gasteiger partial charge in [-0.15, -0.1) is 0 Å². The van der Waals surface area contributed by atoms with Crippen LogP contribution in [0, 0.1) is 0 Å². The number of ketones is 1. The zero-order chi connectivity index (χ0) is 23.8. The summed E-state index contributed by atoms with van der Waals surface area (Å²) >= 11 is 6.13. The van der Waals surface area contributed by atoms with Crippen LogP contribution >= 0.6 is 11.6 Å².